The first-order chi connectivity index (χ1) is 12.1. The molecule has 0 spiro atoms. The van der Waals surface area contributed by atoms with Crippen molar-refractivity contribution in [1.29, 1.82) is 0 Å². The first-order valence-electron chi connectivity index (χ1n) is 7.06. The summed E-state index contributed by atoms with van der Waals surface area (Å²) in [7, 11) is 1.57. The number of benzene rings is 2. The highest BCUT2D eigenvalue weighted by molar-refractivity contribution is 8.00. The zero-order chi connectivity index (χ0) is 17.8. The molecule has 4 nitrogen and oxygen atoms in total. The van der Waals surface area contributed by atoms with E-state index in [1.165, 1.54) is 11.3 Å². The molecule has 0 unspecified atom stereocenters. The number of rotatable bonds is 6. The van der Waals surface area contributed by atoms with E-state index in [2.05, 4.69) is 10.2 Å². The van der Waals surface area contributed by atoms with Crippen LogP contribution in [0.3, 0.4) is 0 Å². The van der Waals surface area contributed by atoms with Gasteiger partial charge in [-0.1, -0.05) is 23.5 Å². The van der Waals surface area contributed by atoms with Crippen LogP contribution in [0.5, 0.6) is 5.75 Å². The Morgan fingerprint density at radius 3 is 2.44 bits per heavy atom. The third kappa shape index (κ3) is 4.23. The molecule has 1 heterocycles. The van der Waals surface area contributed by atoms with E-state index in [0.29, 0.717) is 23.5 Å². The molecular weight excluding hydrogens is 371 g/mol. The third-order valence-electron chi connectivity index (χ3n) is 3.23. The van der Waals surface area contributed by atoms with Crippen LogP contribution in [0.2, 0.25) is 0 Å². The normalized spacial score (nSPS) is 10.7. The van der Waals surface area contributed by atoms with Gasteiger partial charge in [-0.05, 0) is 35.7 Å². The van der Waals surface area contributed by atoms with Crippen LogP contribution in [0.25, 0.3) is 0 Å². The molecule has 1 aromatic heterocycles. The van der Waals surface area contributed by atoms with Crippen molar-refractivity contribution in [1.82, 2.24) is 10.2 Å². The van der Waals surface area contributed by atoms with Gasteiger partial charge in [0.1, 0.15) is 17.1 Å². The van der Waals surface area contributed by atoms with Gasteiger partial charge in [0.05, 0.1) is 18.6 Å². The second kappa shape index (κ2) is 7.75. The fourth-order valence-electron chi connectivity index (χ4n) is 2.00. The van der Waals surface area contributed by atoms with Crippen LogP contribution < -0.4 is 9.04 Å². The Bertz CT molecular complexity index is 845. The molecule has 0 aliphatic rings. The molecule has 3 rings (SSSR count). The molecule has 0 fully saturated rings. The summed E-state index contributed by atoms with van der Waals surface area (Å²) >= 11 is 2.19. The molecule has 9 heteroatoms. The molecule has 0 radical (unpaired) electrons. The summed E-state index contributed by atoms with van der Waals surface area (Å²) in [6.07, 6.45) is 0. The molecule has 0 saturated heterocycles. The Morgan fingerprint density at radius 1 is 1.08 bits per heavy atom. The summed E-state index contributed by atoms with van der Waals surface area (Å²) in [6, 6.07) is 8.68. The van der Waals surface area contributed by atoms with Gasteiger partial charge in [-0.2, -0.15) is 0 Å². The van der Waals surface area contributed by atoms with Gasteiger partial charge in [0.15, 0.2) is 11.6 Å². The highest BCUT2D eigenvalue weighted by atomic mass is 32.2. The largest absolute Gasteiger partial charge is 0.497 e. The average molecular weight is 383 g/mol. The van der Waals surface area contributed by atoms with Crippen molar-refractivity contribution in [3.8, 4) is 5.75 Å². The quantitative estimate of drug-likeness (QED) is 0.457. The maximum absolute atomic E-state index is 14.0. The van der Waals surface area contributed by atoms with Crippen LogP contribution >= 0.6 is 23.3 Å². The molecular formula is C16H12F3N3OS2. The van der Waals surface area contributed by atoms with E-state index >= 15 is 0 Å². The summed E-state index contributed by atoms with van der Waals surface area (Å²) in [6.45, 7) is 0.363. The molecule has 3 aromatic rings. The maximum atomic E-state index is 14.0. The first-order valence-corrected chi connectivity index (χ1v) is 8.71. The van der Waals surface area contributed by atoms with Gasteiger partial charge in [-0.15, -0.1) is 10.2 Å². The van der Waals surface area contributed by atoms with E-state index in [9.17, 15) is 13.2 Å². The van der Waals surface area contributed by atoms with Gasteiger partial charge in [-0.25, -0.2) is 13.2 Å². The molecule has 0 bridgehead atoms. The minimum atomic E-state index is -1.22. The van der Waals surface area contributed by atoms with E-state index in [-0.39, 0.29) is 4.90 Å². The monoisotopic (exact) mass is 383 g/mol. The SMILES string of the molecule is COc1ccc(CN(Sc2cc(F)c(F)cc2F)c2nncs2)cc1. The van der Waals surface area contributed by atoms with Crippen LogP contribution in [-0.2, 0) is 6.54 Å². The van der Waals surface area contributed by atoms with Gasteiger partial charge in [0.25, 0.3) is 0 Å². The Balaban J connectivity index is 1.86. The fourth-order valence-corrected chi connectivity index (χ4v) is 3.58. The average Bonchev–Trinajstić information content (AvgIpc) is 3.14. The van der Waals surface area contributed by atoms with Gasteiger partial charge >= 0.3 is 0 Å². The molecule has 0 aliphatic heterocycles. The number of hydrogen-bond donors (Lipinski definition) is 0. The molecule has 0 amide bonds. The highest BCUT2D eigenvalue weighted by Gasteiger charge is 2.18. The van der Waals surface area contributed by atoms with E-state index < -0.39 is 17.5 Å². The molecule has 2 aromatic carbocycles. The zero-order valence-electron chi connectivity index (χ0n) is 12.9. The molecule has 130 valence electrons. The Morgan fingerprint density at radius 2 is 1.80 bits per heavy atom. The van der Waals surface area contributed by atoms with Crippen molar-refractivity contribution in [3.63, 3.8) is 0 Å². The van der Waals surface area contributed by atoms with Crippen molar-refractivity contribution in [2.75, 3.05) is 11.4 Å². The Hall–Kier alpha value is -2.26. The Kier molecular flexibility index (Phi) is 5.44. The molecule has 25 heavy (non-hydrogen) atoms. The van der Waals surface area contributed by atoms with Crippen molar-refractivity contribution in [2.45, 2.75) is 11.4 Å². The lowest BCUT2D eigenvalue weighted by Gasteiger charge is -2.20. The third-order valence-corrected chi connectivity index (χ3v) is 5.09. The van der Waals surface area contributed by atoms with E-state index in [0.717, 1.165) is 23.6 Å². The predicted molar refractivity (Wildman–Crippen MR) is 91.3 cm³/mol. The number of methoxy groups -OCH3 is 1. The number of hydrogen-bond acceptors (Lipinski definition) is 6. The van der Waals surface area contributed by atoms with Gasteiger partial charge in [0.2, 0.25) is 5.13 Å². The fraction of sp³-hybridized carbons (Fsp3) is 0.125. The van der Waals surface area contributed by atoms with Crippen molar-refractivity contribution in [2.24, 2.45) is 0 Å². The lowest BCUT2D eigenvalue weighted by atomic mass is 10.2. The number of nitrogens with zero attached hydrogens (tertiary/aromatic N) is 3. The minimum absolute atomic E-state index is 0.0392. The van der Waals surface area contributed by atoms with Crippen LogP contribution in [0, 0.1) is 17.5 Å². The van der Waals surface area contributed by atoms with E-state index in [4.69, 9.17) is 4.74 Å². The number of ether oxygens (including phenoxy) is 1. The molecule has 0 atom stereocenters. The zero-order valence-corrected chi connectivity index (χ0v) is 14.6. The summed E-state index contributed by atoms with van der Waals surface area (Å²) in [4.78, 5) is -0.0392. The first kappa shape index (κ1) is 17.6. The Labute approximate surface area is 150 Å². The summed E-state index contributed by atoms with van der Waals surface area (Å²) in [5.74, 6) is -2.45. The second-order valence-corrected chi connectivity index (χ2v) is 6.77. The number of aromatic nitrogens is 2. The maximum Gasteiger partial charge on any atom is 0.218 e. The van der Waals surface area contributed by atoms with Crippen molar-refractivity contribution in [3.05, 3.63) is 64.9 Å². The summed E-state index contributed by atoms with van der Waals surface area (Å²) in [5.41, 5.74) is 2.45. The van der Waals surface area contributed by atoms with Crippen molar-refractivity contribution < 1.29 is 17.9 Å². The molecule has 0 saturated carbocycles. The van der Waals surface area contributed by atoms with Crippen LogP contribution in [0.15, 0.2) is 46.8 Å². The van der Waals surface area contributed by atoms with E-state index in [1.54, 1.807) is 29.1 Å². The summed E-state index contributed by atoms with van der Waals surface area (Å²) < 4.78 is 47.3. The summed E-state index contributed by atoms with van der Waals surface area (Å²) in [5, 5.41) is 8.26. The molecule has 0 aliphatic carbocycles. The smallest absolute Gasteiger partial charge is 0.218 e. The molecule has 0 N–H and O–H groups in total. The minimum Gasteiger partial charge on any atom is -0.497 e. The van der Waals surface area contributed by atoms with Crippen LogP contribution in [0.4, 0.5) is 18.3 Å². The second-order valence-electron chi connectivity index (χ2n) is 4.89. The van der Waals surface area contributed by atoms with E-state index in [1.807, 2.05) is 12.1 Å². The van der Waals surface area contributed by atoms with Gasteiger partial charge in [-0.3, -0.25) is 4.31 Å². The predicted octanol–water partition coefficient (Wildman–Crippen LogP) is 4.68. The van der Waals surface area contributed by atoms with Gasteiger partial charge < -0.3 is 4.74 Å². The number of anilines is 1. The van der Waals surface area contributed by atoms with Crippen LogP contribution in [0.1, 0.15) is 5.56 Å². The lowest BCUT2D eigenvalue weighted by molar-refractivity contribution is 0.414. The highest BCUT2D eigenvalue weighted by Crippen LogP contribution is 2.34. The number of halogens is 3. The van der Waals surface area contributed by atoms with Crippen LogP contribution in [-0.4, -0.2) is 17.3 Å². The van der Waals surface area contributed by atoms with Crippen molar-refractivity contribution >= 4 is 28.4 Å². The topological polar surface area (TPSA) is 38.2 Å². The lowest BCUT2D eigenvalue weighted by Crippen LogP contribution is -2.14. The standard InChI is InChI=1S/C16H12F3N3OS2/c1-23-11-4-2-10(3-5-11)8-22(16-21-20-9-24-16)25-15-7-13(18)12(17)6-14(15)19/h2-7,9H,8H2,1H3. The van der Waals surface area contributed by atoms with Gasteiger partial charge in [0, 0.05) is 6.07 Å².